The minimum atomic E-state index is -1.11. The number of esters is 1. The predicted molar refractivity (Wildman–Crippen MR) is 81.7 cm³/mol. The Morgan fingerprint density at radius 3 is 2.67 bits per heavy atom. The summed E-state index contributed by atoms with van der Waals surface area (Å²) in [5.74, 6) is 1.92. The van der Waals surface area contributed by atoms with Gasteiger partial charge >= 0.3 is 144 Å². The van der Waals surface area contributed by atoms with Crippen molar-refractivity contribution in [2.45, 2.75) is 33.3 Å². The topological polar surface area (TPSA) is 94.0 Å². The first kappa shape index (κ1) is 14.9. The molecule has 4 fully saturated rings. The van der Waals surface area contributed by atoms with Gasteiger partial charge in [-0.15, -0.1) is 0 Å². The van der Waals surface area contributed by atoms with Crippen molar-refractivity contribution in [3.8, 4) is 6.07 Å². The van der Waals surface area contributed by atoms with E-state index in [4.69, 9.17) is 10.00 Å². The molecule has 2 N–H and O–H groups in total. The predicted octanol–water partition coefficient (Wildman–Crippen LogP) is -1.61. The molecule has 7 heteroatoms. The Kier molecular flexibility index (Phi) is 3.49. The van der Waals surface area contributed by atoms with Crippen LogP contribution in [0, 0.1) is 35.0 Å². The number of ether oxygens (including phenoxy) is 1. The molecule has 2 aliphatic carbocycles. The number of fused-ring (bicyclic) bond motifs is 3. The van der Waals surface area contributed by atoms with Crippen LogP contribution >= 0.6 is 20.4 Å². The molecular formula is C14H20I2N3O2-. The summed E-state index contributed by atoms with van der Waals surface area (Å²) >= 11 is -1.32. The van der Waals surface area contributed by atoms with E-state index in [9.17, 15) is 4.79 Å². The molecule has 0 amide bonds. The zero-order valence-corrected chi connectivity index (χ0v) is 16.5. The van der Waals surface area contributed by atoms with E-state index in [-0.39, 0.29) is 40.2 Å². The van der Waals surface area contributed by atoms with E-state index in [1.54, 1.807) is 0 Å². The van der Waals surface area contributed by atoms with Gasteiger partial charge in [-0.1, -0.05) is 0 Å². The normalized spacial score (nSPS) is 42.0. The van der Waals surface area contributed by atoms with Gasteiger partial charge in [0, 0.05) is 0 Å². The Hall–Kier alpha value is 0.340. The van der Waals surface area contributed by atoms with Crippen LogP contribution in [0.2, 0.25) is 0 Å². The van der Waals surface area contributed by atoms with Crippen LogP contribution in [0.15, 0.2) is 0 Å². The average molecular weight is 516 g/mol. The Morgan fingerprint density at radius 2 is 2.19 bits per heavy atom. The van der Waals surface area contributed by atoms with Crippen LogP contribution in [0.3, 0.4) is 0 Å². The van der Waals surface area contributed by atoms with Crippen LogP contribution in [-0.4, -0.2) is 24.6 Å². The van der Waals surface area contributed by atoms with Crippen LogP contribution < -0.4 is 28.3 Å². The third-order valence-electron chi connectivity index (χ3n) is 5.67. The molecule has 2 saturated heterocycles. The van der Waals surface area contributed by atoms with E-state index < -0.39 is 20.4 Å². The molecule has 2 bridgehead atoms. The van der Waals surface area contributed by atoms with Gasteiger partial charge in [0.2, 0.25) is 0 Å². The van der Waals surface area contributed by atoms with Gasteiger partial charge in [0.25, 0.3) is 0 Å². The molecule has 0 radical (unpaired) electrons. The second kappa shape index (κ2) is 4.92. The van der Waals surface area contributed by atoms with Gasteiger partial charge in [0.15, 0.2) is 0 Å². The number of alkyl halides is 3. The minimum absolute atomic E-state index is 0.00899. The number of nitrogens with one attached hydrogen (secondary N) is 2. The summed E-state index contributed by atoms with van der Waals surface area (Å²) in [4.78, 5) is 14.8. The molecule has 0 aromatic heterocycles. The van der Waals surface area contributed by atoms with E-state index in [0.717, 1.165) is 12.8 Å². The van der Waals surface area contributed by atoms with Crippen molar-refractivity contribution < 1.29 is 30.7 Å². The third kappa shape index (κ3) is 2.08. The molecule has 0 aromatic carbocycles. The maximum absolute atomic E-state index is 12.6. The molecule has 2 saturated carbocycles. The van der Waals surface area contributed by atoms with Gasteiger partial charge in [-0.2, -0.15) is 0 Å². The number of nitrogens with zero attached hydrogens (tertiary/aromatic N) is 1. The standard InChI is InChI=1S/C14H20I2N3O2/c1-13(15-2,14-16(18-14)19-14)12(20)21-7-11-5-8-3-9(11)4-10(8)6-17/h8-11,18-19H,3-5,7H2,1-2H3/q-1. The Balaban J connectivity index is 1.34. The first-order chi connectivity index (χ1) is 10.0. The zero-order chi connectivity index (χ0) is 14.8. The van der Waals surface area contributed by atoms with Crippen LogP contribution in [0.1, 0.15) is 26.2 Å². The van der Waals surface area contributed by atoms with Crippen LogP contribution in [0.4, 0.5) is 0 Å². The summed E-state index contributed by atoms with van der Waals surface area (Å²) in [6, 6.07) is 2.43. The first-order valence-corrected chi connectivity index (χ1v) is 13.8. The first-order valence-electron chi connectivity index (χ1n) is 7.37. The van der Waals surface area contributed by atoms with Gasteiger partial charge in [-0.25, -0.2) is 0 Å². The van der Waals surface area contributed by atoms with Crippen molar-refractivity contribution in [1.29, 1.82) is 5.26 Å². The summed E-state index contributed by atoms with van der Waals surface area (Å²) in [7, 11) is 0. The van der Waals surface area contributed by atoms with Crippen molar-refractivity contribution >= 4 is 26.3 Å². The molecule has 118 valence electrons. The second-order valence-corrected chi connectivity index (χ2v) is 14.2. The molecule has 4 aliphatic rings. The summed E-state index contributed by atoms with van der Waals surface area (Å²) in [6.45, 7) is 2.65. The Bertz CT molecular complexity index is 531. The molecular weight excluding hydrogens is 496 g/mol. The Morgan fingerprint density at radius 1 is 1.48 bits per heavy atom. The maximum atomic E-state index is 12.6. The van der Waals surface area contributed by atoms with Crippen molar-refractivity contribution in [2.24, 2.45) is 23.7 Å². The van der Waals surface area contributed by atoms with Crippen molar-refractivity contribution in [3.05, 3.63) is 0 Å². The third-order valence-corrected chi connectivity index (χ3v) is 15.0. The molecule has 2 heterocycles. The van der Waals surface area contributed by atoms with Crippen LogP contribution in [-0.2, 0) is 9.53 Å². The molecule has 5 nitrogen and oxygen atoms in total. The molecule has 5 atom stereocenters. The second-order valence-electron chi connectivity index (χ2n) is 6.64. The van der Waals surface area contributed by atoms with E-state index in [1.165, 1.54) is 6.42 Å². The van der Waals surface area contributed by atoms with Gasteiger partial charge in [0.05, 0.1) is 0 Å². The number of carbonyl (C=O) groups excluding carboxylic acids is 1. The van der Waals surface area contributed by atoms with Crippen molar-refractivity contribution in [2.75, 3.05) is 11.5 Å². The van der Waals surface area contributed by atoms with Crippen LogP contribution in [0.5, 0.6) is 0 Å². The molecule has 5 unspecified atom stereocenters. The number of halogens is 2. The van der Waals surface area contributed by atoms with Gasteiger partial charge in [-0.05, 0) is 0 Å². The molecule has 0 spiro atoms. The quantitative estimate of drug-likeness (QED) is 0.115. The van der Waals surface area contributed by atoms with E-state index in [2.05, 4.69) is 25.0 Å². The van der Waals surface area contributed by atoms with Gasteiger partial charge in [-0.3, -0.25) is 0 Å². The fourth-order valence-corrected chi connectivity index (χ4v) is 14.3. The van der Waals surface area contributed by atoms with Gasteiger partial charge in [0.1, 0.15) is 0 Å². The fraction of sp³-hybridized carbons (Fsp3) is 0.857. The van der Waals surface area contributed by atoms with Crippen LogP contribution in [0.25, 0.3) is 0 Å². The summed E-state index contributed by atoms with van der Waals surface area (Å²) in [5, 5.41) is 9.09. The number of hydrogen-bond donors (Lipinski definition) is 2. The number of carbonyl (C=O) groups is 1. The summed E-state index contributed by atoms with van der Waals surface area (Å²) in [6.07, 6.45) is 3.26. The molecule has 4 rings (SSSR count). The molecule has 0 aromatic rings. The fourth-order valence-electron chi connectivity index (χ4n) is 4.00. The zero-order valence-electron chi connectivity index (χ0n) is 12.2. The van der Waals surface area contributed by atoms with Gasteiger partial charge < -0.3 is 0 Å². The van der Waals surface area contributed by atoms with E-state index in [1.807, 2.05) is 0 Å². The van der Waals surface area contributed by atoms with Crippen molar-refractivity contribution in [1.82, 2.24) is 7.06 Å². The SMILES string of the molecule is C[I-]C(C)(C(=O)OCC1CC2CC1CC2C#N)C12NI1N2. The number of nitriles is 1. The van der Waals surface area contributed by atoms with E-state index >= 15 is 0 Å². The monoisotopic (exact) mass is 516 g/mol. The summed E-state index contributed by atoms with van der Waals surface area (Å²) in [5.41, 5.74) is 0. The number of rotatable bonds is 5. The summed E-state index contributed by atoms with van der Waals surface area (Å²) < 4.78 is 12.5. The van der Waals surface area contributed by atoms with Crippen molar-refractivity contribution in [3.63, 3.8) is 0 Å². The molecule has 21 heavy (non-hydrogen) atoms. The average Bonchev–Trinajstić information content (AvgIpc) is 3.27. The molecule has 2 aliphatic heterocycles. The number of hydrogen-bond acceptors (Lipinski definition) is 5. The van der Waals surface area contributed by atoms with E-state index in [0.29, 0.717) is 24.4 Å². The Labute approximate surface area is 143 Å².